The number of halogens is 3. The molecule has 3 unspecified atom stereocenters. The van der Waals surface area contributed by atoms with E-state index in [4.69, 9.17) is 4.42 Å². The van der Waals surface area contributed by atoms with Crippen LogP contribution in [0.1, 0.15) is 64.0 Å². The summed E-state index contributed by atoms with van der Waals surface area (Å²) < 4.78 is 47.5. The van der Waals surface area contributed by atoms with Crippen molar-refractivity contribution in [2.24, 2.45) is 5.92 Å². The van der Waals surface area contributed by atoms with Crippen molar-refractivity contribution in [2.45, 2.75) is 50.9 Å². The maximum Gasteiger partial charge on any atom is 0.410 e. The molecule has 0 bridgehead atoms. The fourth-order valence-corrected chi connectivity index (χ4v) is 5.89. The molecule has 3 atom stereocenters. The number of hydrogen-bond acceptors (Lipinski definition) is 6. The van der Waals surface area contributed by atoms with Gasteiger partial charge in [0, 0.05) is 11.3 Å². The lowest BCUT2D eigenvalue weighted by atomic mass is 9.88. The molecule has 172 valence electrons. The molecule has 5 rings (SSSR count). The van der Waals surface area contributed by atoms with Gasteiger partial charge in [0.1, 0.15) is 28.2 Å². The molecule has 0 radical (unpaired) electrons. The topological polar surface area (TPSA) is 95.9 Å². The summed E-state index contributed by atoms with van der Waals surface area (Å²) in [4.78, 5) is 14.2. The lowest BCUT2D eigenvalue weighted by Crippen LogP contribution is -2.36. The Kier molecular flexibility index (Phi) is 5.20. The van der Waals surface area contributed by atoms with E-state index >= 15 is 0 Å². The van der Waals surface area contributed by atoms with Crippen molar-refractivity contribution in [3.05, 3.63) is 51.9 Å². The number of fused-ring (bicyclic) bond motifs is 2. The fourth-order valence-electron chi connectivity index (χ4n) is 4.53. The zero-order valence-corrected chi connectivity index (χ0v) is 18.4. The number of amides is 1. The van der Waals surface area contributed by atoms with Crippen LogP contribution in [0.25, 0.3) is 0 Å². The molecule has 33 heavy (non-hydrogen) atoms. The molecule has 11 heteroatoms. The van der Waals surface area contributed by atoms with Crippen molar-refractivity contribution in [3.63, 3.8) is 0 Å². The zero-order valence-electron chi connectivity index (χ0n) is 17.6. The summed E-state index contributed by atoms with van der Waals surface area (Å²) in [7, 11) is 0. The first kappa shape index (κ1) is 21.6. The number of anilines is 2. The van der Waals surface area contributed by atoms with Crippen molar-refractivity contribution < 1.29 is 22.4 Å². The van der Waals surface area contributed by atoms with Crippen LogP contribution in [0, 0.1) is 17.2 Å². The molecule has 0 saturated heterocycles. The molecule has 4 heterocycles. The van der Waals surface area contributed by atoms with Crippen molar-refractivity contribution in [2.75, 3.05) is 10.6 Å². The predicted molar refractivity (Wildman–Crippen MR) is 115 cm³/mol. The number of nitrogens with one attached hydrogen (secondary N) is 2. The second kappa shape index (κ2) is 7.95. The van der Waals surface area contributed by atoms with Crippen LogP contribution in [0.3, 0.4) is 0 Å². The number of alkyl halides is 3. The van der Waals surface area contributed by atoms with E-state index in [1.54, 1.807) is 12.1 Å². The molecule has 2 aliphatic rings. The van der Waals surface area contributed by atoms with Gasteiger partial charge in [0.15, 0.2) is 6.04 Å². The first-order chi connectivity index (χ1) is 15.8. The molecule has 0 fully saturated rings. The molecular weight excluding hydrogens is 455 g/mol. The van der Waals surface area contributed by atoms with E-state index in [9.17, 15) is 23.2 Å². The summed E-state index contributed by atoms with van der Waals surface area (Å²) in [6, 6.07) is 2.69. The summed E-state index contributed by atoms with van der Waals surface area (Å²) in [6.07, 6.45) is 0.228. The van der Waals surface area contributed by atoms with Gasteiger partial charge in [0.2, 0.25) is 0 Å². The van der Waals surface area contributed by atoms with E-state index in [1.807, 2.05) is 0 Å². The van der Waals surface area contributed by atoms with Gasteiger partial charge in [0.25, 0.3) is 5.91 Å². The SMILES string of the molecule is CC1CCc2c(sc(NC(=O)c3cnn4c3NC(c3ccco3)CC4C(F)(F)F)c2C#N)C1. The molecule has 0 saturated carbocycles. The molecule has 1 aliphatic heterocycles. The van der Waals surface area contributed by atoms with E-state index in [-0.39, 0.29) is 17.8 Å². The van der Waals surface area contributed by atoms with Crippen LogP contribution in [-0.4, -0.2) is 21.9 Å². The summed E-state index contributed by atoms with van der Waals surface area (Å²) in [6.45, 7) is 2.14. The molecule has 1 aliphatic carbocycles. The molecule has 0 aromatic carbocycles. The van der Waals surface area contributed by atoms with Crippen molar-refractivity contribution in [1.82, 2.24) is 9.78 Å². The normalized spacial score (nSPS) is 22.1. The van der Waals surface area contributed by atoms with Crippen LogP contribution in [-0.2, 0) is 12.8 Å². The standard InChI is InChI=1S/C22H20F3N5O2S/c1-11-4-5-12-13(9-26)21(33-17(12)7-11)29-20(31)14-10-27-30-18(22(23,24)25)8-15(28-19(14)30)16-3-2-6-32-16/h2-3,6,10-11,15,18,28H,4-5,7-8H2,1H3,(H,29,31). The van der Waals surface area contributed by atoms with Crippen molar-refractivity contribution >= 4 is 28.1 Å². The second-order valence-corrected chi connectivity index (χ2v) is 9.58. The number of furan rings is 1. The Morgan fingerprint density at radius 1 is 1.45 bits per heavy atom. The fraction of sp³-hybridized carbons (Fsp3) is 0.409. The van der Waals surface area contributed by atoms with Crippen LogP contribution in [0.4, 0.5) is 24.0 Å². The van der Waals surface area contributed by atoms with Crippen LogP contribution in [0.5, 0.6) is 0 Å². The molecule has 7 nitrogen and oxygen atoms in total. The van der Waals surface area contributed by atoms with Gasteiger partial charge < -0.3 is 15.1 Å². The maximum atomic E-state index is 13.8. The average Bonchev–Trinajstić information content (AvgIpc) is 3.49. The zero-order chi connectivity index (χ0) is 23.3. The molecule has 0 spiro atoms. The Labute approximate surface area is 191 Å². The molecule has 2 N–H and O–H groups in total. The number of nitriles is 1. The molecule has 3 aromatic heterocycles. The lowest BCUT2D eigenvalue weighted by Gasteiger charge is -2.32. The summed E-state index contributed by atoms with van der Waals surface area (Å²) in [5, 5.41) is 19.7. The molecule has 1 amide bonds. The van der Waals surface area contributed by atoms with Gasteiger partial charge in [0.05, 0.1) is 24.1 Å². The quantitative estimate of drug-likeness (QED) is 0.525. The molecule has 3 aromatic rings. The number of nitrogens with zero attached hydrogens (tertiary/aromatic N) is 3. The van der Waals surface area contributed by atoms with Gasteiger partial charge in [-0.15, -0.1) is 11.3 Å². The Bertz CT molecular complexity index is 1240. The Balaban J connectivity index is 1.48. The van der Waals surface area contributed by atoms with Crippen LogP contribution in [0.2, 0.25) is 0 Å². The van der Waals surface area contributed by atoms with E-state index in [0.717, 1.165) is 40.6 Å². The molecular formula is C22H20F3N5O2S. The lowest BCUT2D eigenvalue weighted by molar-refractivity contribution is -0.174. The number of hydrogen-bond donors (Lipinski definition) is 2. The van der Waals surface area contributed by atoms with Crippen LogP contribution in [0.15, 0.2) is 29.0 Å². The Hall–Kier alpha value is -3.26. The third-order valence-electron chi connectivity index (χ3n) is 6.22. The minimum Gasteiger partial charge on any atom is -0.467 e. The largest absolute Gasteiger partial charge is 0.467 e. The number of carbonyl (C=O) groups is 1. The Morgan fingerprint density at radius 2 is 2.27 bits per heavy atom. The van der Waals surface area contributed by atoms with Crippen LogP contribution >= 0.6 is 11.3 Å². The first-order valence-electron chi connectivity index (χ1n) is 10.6. The third-order valence-corrected chi connectivity index (χ3v) is 7.39. The average molecular weight is 475 g/mol. The van der Waals surface area contributed by atoms with E-state index < -0.39 is 24.2 Å². The highest BCUT2D eigenvalue weighted by atomic mass is 32.1. The van der Waals surface area contributed by atoms with E-state index in [2.05, 4.69) is 28.7 Å². The number of carbonyl (C=O) groups excluding carboxylic acids is 1. The minimum absolute atomic E-state index is 0.0239. The second-order valence-electron chi connectivity index (χ2n) is 8.48. The van der Waals surface area contributed by atoms with Crippen molar-refractivity contribution in [1.29, 1.82) is 5.26 Å². The van der Waals surface area contributed by atoms with Crippen LogP contribution < -0.4 is 10.6 Å². The first-order valence-corrected chi connectivity index (χ1v) is 11.4. The summed E-state index contributed by atoms with van der Waals surface area (Å²) in [5.41, 5.74) is 1.37. The van der Waals surface area contributed by atoms with Gasteiger partial charge in [-0.2, -0.15) is 23.5 Å². The highest BCUT2D eigenvalue weighted by Crippen LogP contribution is 2.45. The van der Waals surface area contributed by atoms with Crippen molar-refractivity contribution in [3.8, 4) is 6.07 Å². The smallest absolute Gasteiger partial charge is 0.410 e. The summed E-state index contributed by atoms with van der Waals surface area (Å²) in [5.74, 6) is 0.190. The van der Waals surface area contributed by atoms with E-state index in [0.29, 0.717) is 22.2 Å². The van der Waals surface area contributed by atoms with Gasteiger partial charge in [-0.3, -0.25) is 4.79 Å². The predicted octanol–water partition coefficient (Wildman–Crippen LogP) is 5.45. The van der Waals surface area contributed by atoms with E-state index in [1.165, 1.54) is 17.6 Å². The van der Waals surface area contributed by atoms with Gasteiger partial charge in [-0.25, -0.2) is 4.68 Å². The van der Waals surface area contributed by atoms with Gasteiger partial charge in [-0.1, -0.05) is 6.92 Å². The van der Waals surface area contributed by atoms with Gasteiger partial charge >= 0.3 is 6.18 Å². The van der Waals surface area contributed by atoms with Gasteiger partial charge in [-0.05, 0) is 42.9 Å². The highest BCUT2D eigenvalue weighted by Gasteiger charge is 2.47. The minimum atomic E-state index is -4.56. The summed E-state index contributed by atoms with van der Waals surface area (Å²) >= 11 is 1.36. The number of aromatic nitrogens is 2. The highest BCUT2D eigenvalue weighted by molar-refractivity contribution is 7.16. The Morgan fingerprint density at radius 3 is 2.97 bits per heavy atom. The number of rotatable bonds is 3. The third kappa shape index (κ3) is 3.78. The number of thiophene rings is 1. The maximum absolute atomic E-state index is 13.8. The monoisotopic (exact) mass is 475 g/mol.